The lowest BCUT2D eigenvalue weighted by atomic mass is 9.82. The molecule has 1 aliphatic rings. The molecule has 1 fully saturated rings. The van der Waals surface area contributed by atoms with E-state index in [2.05, 4.69) is 31.1 Å². The summed E-state index contributed by atoms with van der Waals surface area (Å²) >= 11 is 1.52. The highest BCUT2D eigenvalue weighted by molar-refractivity contribution is 7.14. The van der Waals surface area contributed by atoms with Crippen molar-refractivity contribution >= 4 is 17.2 Å². The maximum Gasteiger partial charge on any atom is 0.275 e. The molecule has 0 atom stereocenters. The molecule has 4 nitrogen and oxygen atoms in total. The number of hydrogen-bond acceptors (Lipinski definition) is 4. The van der Waals surface area contributed by atoms with Crippen LogP contribution in [0.25, 0.3) is 0 Å². The molecular formula is C15H25N3OS. The highest BCUT2D eigenvalue weighted by atomic mass is 32.1. The summed E-state index contributed by atoms with van der Waals surface area (Å²) in [6, 6.07) is 1.99. The average Bonchev–Trinajstić information content (AvgIpc) is 3.04. The Balaban J connectivity index is 2.05. The van der Waals surface area contributed by atoms with E-state index in [1.54, 1.807) is 0 Å². The van der Waals surface area contributed by atoms with E-state index in [0.717, 1.165) is 13.1 Å². The molecule has 1 aromatic rings. The zero-order valence-corrected chi connectivity index (χ0v) is 13.5. The third kappa shape index (κ3) is 3.05. The van der Waals surface area contributed by atoms with Gasteiger partial charge >= 0.3 is 0 Å². The molecule has 3 N–H and O–H groups in total. The zero-order chi connectivity index (χ0) is 14.8. The van der Waals surface area contributed by atoms with E-state index in [1.807, 2.05) is 6.07 Å². The van der Waals surface area contributed by atoms with Gasteiger partial charge in [-0.1, -0.05) is 13.8 Å². The number of rotatable bonds is 5. The van der Waals surface area contributed by atoms with Crippen molar-refractivity contribution in [3.8, 4) is 0 Å². The molecule has 20 heavy (non-hydrogen) atoms. The topological polar surface area (TPSA) is 58.4 Å². The molecule has 0 aliphatic carbocycles. The molecule has 0 unspecified atom stereocenters. The third-order valence-electron chi connectivity index (χ3n) is 4.79. The number of hydrazine groups is 1. The second kappa shape index (κ2) is 6.24. The molecule has 0 aromatic carbocycles. The molecule has 1 aliphatic heterocycles. The van der Waals surface area contributed by atoms with Crippen LogP contribution in [-0.2, 0) is 6.54 Å². The molecule has 0 radical (unpaired) electrons. The summed E-state index contributed by atoms with van der Waals surface area (Å²) in [4.78, 5) is 16.0. The summed E-state index contributed by atoms with van der Waals surface area (Å²) in [5, 5.41) is 0. The predicted octanol–water partition coefficient (Wildman–Crippen LogP) is 2.67. The van der Waals surface area contributed by atoms with Crippen LogP contribution in [0.1, 0.15) is 53.2 Å². The fourth-order valence-corrected chi connectivity index (χ4v) is 4.03. The molecule has 1 aromatic heterocycles. The van der Waals surface area contributed by atoms with Crippen molar-refractivity contribution in [3.05, 3.63) is 21.4 Å². The third-order valence-corrected chi connectivity index (χ3v) is 5.88. The van der Waals surface area contributed by atoms with Crippen LogP contribution in [0.3, 0.4) is 0 Å². The van der Waals surface area contributed by atoms with Gasteiger partial charge in [0.2, 0.25) is 0 Å². The highest BCUT2D eigenvalue weighted by Crippen LogP contribution is 2.38. The van der Waals surface area contributed by atoms with E-state index in [4.69, 9.17) is 5.84 Å². The van der Waals surface area contributed by atoms with E-state index < -0.39 is 0 Å². The SMILES string of the molecule is CCC1(CC)CCN(Cc2cc(C(=O)NN)sc2C)C1. The summed E-state index contributed by atoms with van der Waals surface area (Å²) in [5.41, 5.74) is 3.97. The van der Waals surface area contributed by atoms with Crippen molar-refractivity contribution in [1.29, 1.82) is 0 Å². The molecular weight excluding hydrogens is 270 g/mol. The molecule has 5 heteroatoms. The van der Waals surface area contributed by atoms with Gasteiger partial charge in [0.1, 0.15) is 0 Å². The lowest BCUT2D eigenvalue weighted by molar-refractivity contribution is 0.0957. The maximum atomic E-state index is 11.6. The molecule has 0 spiro atoms. The Morgan fingerprint density at radius 3 is 2.75 bits per heavy atom. The molecule has 0 saturated carbocycles. The summed E-state index contributed by atoms with van der Waals surface area (Å²) in [5.74, 6) is 5.00. The lowest BCUT2D eigenvalue weighted by Gasteiger charge is -2.26. The minimum absolute atomic E-state index is 0.192. The zero-order valence-electron chi connectivity index (χ0n) is 12.7. The van der Waals surface area contributed by atoms with Gasteiger partial charge in [-0.25, -0.2) is 5.84 Å². The lowest BCUT2D eigenvalue weighted by Crippen LogP contribution is -2.29. The minimum atomic E-state index is -0.192. The van der Waals surface area contributed by atoms with Crippen LogP contribution in [0.5, 0.6) is 0 Å². The Hall–Kier alpha value is -0.910. The Morgan fingerprint density at radius 1 is 1.50 bits per heavy atom. The Labute approximate surface area is 125 Å². The van der Waals surface area contributed by atoms with Crippen molar-refractivity contribution in [3.63, 3.8) is 0 Å². The molecule has 2 rings (SSSR count). The van der Waals surface area contributed by atoms with Gasteiger partial charge < -0.3 is 0 Å². The van der Waals surface area contributed by atoms with Crippen LogP contribution in [0.2, 0.25) is 0 Å². The predicted molar refractivity (Wildman–Crippen MR) is 83.6 cm³/mol. The fourth-order valence-electron chi connectivity index (χ4n) is 3.09. The van der Waals surface area contributed by atoms with E-state index >= 15 is 0 Å². The van der Waals surface area contributed by atoms with Crippen molar-refractivity contribution in [2.24, 2.45) is 11.3 Å². The van der Waals surface area contributed by atoms with E-state index in [-0.39, 0.29) is 5.91 Å². The first-order valence-corrected chi connectivity index (χ1v) is 8.18. The summed E-state index contributed by atoms with van der Waals surface area (Å²) in [7, 11) is 0. The van der Waals surface area contributed by atoms with Gasteiger partial charge in [-0.2, -0.15) is 0 Å². The largest absolute Gasteiger partial charge is 0.298 e. The standard InChI is InChI=1S/C15H25N3OS/c1-4-15(5-2)6-7-18(10-15)9-12-8-13(14(19)17-16)20-11(12)3/h8H,4-7,9-10,16H2,1-3H3,(H,17,19). The molecule has 1 amide bonds. The van der Waals surface area contributed by atoms with Gasteiger partial charge in [0.05, 0.1) is 4.88 Å². The second-order valence-corrected chi connectivity index (χ2v) is 7.09. The van der Waals surface area contributed by atoms with Gasteiger partial charge in [0.25, 0.3) is 5.91 Å². The summed E-state index contributed by atoms with van der Waals surface area (Å²) in [6.45, 7) is 9.96. The van der Waals surface area contributed by atoms with Crippen LogP contribution in [0.4, 0.5) is 0 Å². The van der Waals surface area contributed by atoms with Crippen LogP contribution in [-0.4, -0.2) is 23.9 Å². The smallest absolute Gasteiger partial charge is 0.275 e. The quantitative estimate of drug-likeness (QED) is 0.499. The number of aryl methyl sites for hydroxylation is 1. The number of hydrogen-bond donors (Lipinski definition) is 2. The normalized spacial score (nSPS) is 18.4. The van der Waals surface area contributed by atoms with Gasteiger partial charge in [-0.15, -0.1) is 11.3 Å². The Bertz CT molecular complexity index is 479. The number of amides is 1. The second-order valence-electron chi connectivity index (χ2n) is 5.83. The minimum Gasteiger partial charge on any atom is -0.298 e. The average molecular weight is 295 g/mol. The number of nitrogens with zero attached hydrogens (tertiary/aromatic N) is 1. The van der Waals surface area contributed by atoms with Crippen LogP contribution < -0.4 is 11.3 Å². The van der Waals surface area contributed by atoms with E-state index in [0.29, 0.717) is 10.3 Å². The number of carbonyl (C=O) groups excluding carboxylic acids is 1. The highest BCUT2D eigenvalue weighted by Gasteiger charge is 2.34. The van der Waals surface area contributed by atoms with Crippen molar-refractivity contribution in [2.75, 3.05) is 13.1 Å². The number of nitrogen functional groups attached to an aromatic ring is 1. The molecule has 0 bridgehead atoms. The first kappa shape index (κ1) is 15.5. The van der Waals surface area contributed by atoms with Crippen LogP contribution >= 0.6 is 11.3 Å². The molecule has 2 heterocycles. The first-order valence-electron chi connectivity index (χ1n) is 7.36. The summed E-state index contributed by atoms with van der Waals surface area (Å²) < 4.78 is 0. The number of thiophene rings is 1. The van der Waals surface area contributed by atoms with Gasteiger partial charge in [0, 0.05) is 18.0 Å². The summed E-state index contributed by atoms with van der Waals surface area (Å²) in [6.07, 6.45) is 3.80. The van der Waals surface area contributed by atoms with Crippen molar-refractivity contribution in [2.45, 2.75) is 46.6 Å². The molecule has 1 saturated heterocycles. The number of carbonyl (C=O) groups is 1. The first-order chi connectivity index (χ1) is 9.53. The Kier molecular flexibility index (Phi) is 4.83. The fraction of sp³-hybridized carbons (Fsp3) is 0.667. The van der Waals surface area contributed by atoms with Gasteiger partial charge in [-0.05, 0) is 49.8 Å². The van der Waals surface area contributed by atoms with Crippen LogP contribution in [0.15, 0.2) is 6.07 Å². The molecule has 112 valence electrons. The van der Waals surface area contributed by atoms with Gasteiger partial charge in [-0.3, -0.25) is 15.1 Å². The number of likely N-dealkylation sites (tertiary alicyclic amines) is 1. The maximum absolute atomic E-state index is 11.6. The van der Waals surface area contributed by atoms with Gasteiger partial charge in [0.15, 0.2) is 0 Å². The number of nitrogens with two attached hydrogens (primary N) is 1. The van der Waals surface area contributed by atoms with Crippen molar-refractivity contribution in [1.82, 2.24) is 10.3 Å². The Morgan fingerprint density at radius 2 is 2.20 bits per heavy atom. The van der Waals surface area contributed by atoms with E-state index in [1.165, 1.54) is 47.6 Å². The van der Waals surface area contributed by atoms with E-state index in [9.17, 15) is 4.79 Å². The monoisotopic (exact) mass is 295 g/mol. The number of nitrogens with one attached hydrogen (secondary N) is 1. The van der Waals surface area contributed by atoms with Crippen LogP contribution in [0, 0.1) is 12.3 Å². The van der Waals surface area contributed by atoms with Crippen molar-refractivity contribution < 1.29 is 4.79 Å².